The molecule has 0 unspecified atom stereocenters. The van der Waals surface area contributed by atoms with E-state index >= 15 is 0 Å². The van der Waals surface area contributed by atoms with Crippen molar-refractivity contribution in [2.45, 2.75) is 67.3 Å². The molecule has 0 spiro atoms. The highest BCUT2D eigenvalue weighted by Crippen LogP contribution is 2.23. The van der Waals surface area contributed by atoms with Gasteiger partial charge in [0.1, 0.15) is 0 Å². The fourth-order valence-electron chi connectivity index (χ4n) is 2.22. The largest absolute Gasteiger partial charge is 0.213 e. The van der Waals surface area contributed by atoms with Gasteiger partial charge in [-0.25, -0.2) is 0 Å². The van der Waals surface area contributed by atoms with E-state index < -0.39 is 0 Å². The molecule has 1 aromatic carbocycles. The summed E-state index contributed by atoms with van der Waals surface area (Å²) < 4.78 is 2.38. The maximum absolute atomic E-state index is 2.38. The van der Waals surface area contributed by atoms with Crippen molar-refractivity contribution < 1.29 is 4.57 Å². The van der Waals surface area contributed by atoms with Gasteiger partial charge in [0.2, 0.25) is 5.69 Å². The maximum atomic E-state index is 2.38. The van der Waals surface area contributed by atoms with Gasteiger partial charge < -0.3 is 0 Å². The van der Waals surface area contributed by atoms with Gasteiger partial charge >= 0.3 is 0 Å². The van der Waals surface area contributed by atoms with E-state index in [9.17, 15) is 0 Å². The molecule has 0 fully saturated rings. The Balaban J connectivity index is 0.00000102. The van der Waals surface area contributed by atoms with Crippen LogP contribution >= 0.6 is 0 Å². The molecule has 0 amide bonds. The number of rotatable bonds is 3. The molecule has 0 saturated carbocycles. The summed E-state index contributed by atoms with van der Waals surface area (Å²) in [5.41, 5.74) is 4.07. The molecule has 0 aliphatic heterocycles. The zero-order valence-electron chi connectivity index (χ0n) is 15.8. The number of aromatic nitrogens is 1. The lowest BCUT2D eigenvalue weighted by atomic mass is 9.97. The van der Waals surface area contributed by atoms with Crippen LogP contribution in [0.2, 0.25) is 0 Å². The van der Waals surface area contributed by atoms with Gasteiger partial charge in [0.15, 0.2) is 11.7 Å². The highest BCUT2D eigenvalue weighted by Gasteiger charge is 2.29. The van der Waals surface area contributed by atoms with Crippen molar-refractivity contribution >= 4 is 0 Å². The van der Waals surface area contributed by atoms with Crippen molar-refractivity contribution in [2.75, 3.05) is 0 Å². The summed E-state index contributed by atoms with van der Waals surface area (Å²) in [4.78, 5) is 0. The first-order valence-corrected chi connectivity index (χ1v) is 8.63. The lowest BCUT2D eigenvalue weighted by Crippen LogP contribution is -2.53. The molecule has 22 heavy (non-hydrogen) atoms. The Hall–Kier alpha value is -1.63. The van der Waals surface area contributed by atoms with Gasteiger partial charge in [-0.2, -0.15) is 4.57 Å². The van der Waals surface area contributed by atoms with E-state index in [4.69, 9.17) is 0 Å². The lowest BCUT2D eigenvalue weighted by molar-refractivity contribution is -0.748. The third-order valence-electron chi connectivity index (χ3n) is 3.80. The molecule has 0 bridgehead atoms. The van der Waals surface area contributed by atoms with Crippen molar-refractivity contribution in [3.63, 3.8) is 0 Å². The van der Waals surface area contributed by atoms with Crippen LogP contribution in [0, 0.1) is 6.92 Å². The second-order valence-electron chi connectivity index (χ2n) is 5.44. The number of nitrogens with zero attached hydrogens (tertiary/aromatic N) is 1. The minimum atomic E-state index is 0.138. The minimum absolute atomic E-state index is 0.138. The molecule has 1 nitrogen and oxygen atoms in total. The summed E-state index contributed by atoms with van der Waals surface area (Å²) in [6.45, 7) is 17.0. The minimum Gasteiger partial charge on any atom is -0.194 e. The lowest BCUT2D eigenvalue weighted by Gasteiger charge is -2.20. The smallest absolute Gasteiger partial charge is 0.194 e. The van der Waals surface area contributed by atoms with Crippen molar-refractivity contribution in [2.24, 2.45) is 0 Å². The molecule has 2 rings (SSSR count). The van der Waals surface area contributed by atoms with E-state index in [-0.39, 0.29) is 5.54 Å². The van der Waals surface area contributed by atoms with Crippen molar-refractivity contribution in [3.05, 3.63) is 54.2 Å². The molecule has 0 atom stereocenters. The first-order chi connectivity index (χ1) is 10.6. The quantitative estimate of drug-likeness (QED) is 0.599. The predicted molar refractivity (Wildman–Crippen MR) is 99.1 cm³/mol. The highest BCUT2D eigenvalue weighted by molar-refractivity contribution is 5.60. The average molecular weight is 301 g/mol. The van der Waals surface area contributed by atoms with E-state index in [0.717, 1.165) is 6.42 Å². The molecule has 2 aromatic rings. The second-order valence-corrected chi connectivity index (χ2v) is 5.44. The SMILES string of the molecule is CC.CC.CCC(C)(C)[n+]1ccccc1-c1ccccc1C. The van der Waals surface area contributed by atoms with E-state index in [1.54, 1.807) is 0 Å². The van der Waals surface area contributed by atoms with Gasteiger partial charge in [-0.15, -0.1) is 0 Å². The molecule has 1 aromatic heterocycles. The number of hydrogen-bond donors (Lipinski definition) is 0. The van der Waals surface area contributed by atoms with Gasteiger partial charge in [-0.3, -0.25) is 0 Å². The Kier molecular flexibility index (Phi) is 9.40. The monoisotopic (exact) mass is 300 g/mol. The molecule has 0 saturated heterocycles. The maximum Gasteiger partial charge on any atom is 0.213 e. The molecular weight excluding hydrogens is 266 g/mol. The first-order valence-electron chi connectivity index (χ1n) is 8.63. The molecular formula is C21H34N+. The summed E-state index contributed by atoms with van der Waals surface area (Å²) in [7, 11) is 0. The normalized spacial score (nSPS) is 10.0. The van der Waals surface area contributed by atoms with Crippen molar-refractivity contribution in [1.82, 2.24) is 0 Å². The van der Waals surface area contributed by atoms with Gasteiger partial charge in [0.05, 0.1) is 0 Å². The van der Waals surface area contributed by atoms with Crippen LogP contribution in [0.15, 0.2) is 48.7 Å². The zero-order valence-corrected chi connectivity index (χ0v) is 15.8. The van der Waals surface area contributed by atoms with Crippen LogP contribution in [0.1, 0.15) is 60.5 Å². The Bertz CT molecular complexity index is 541. The first kappa shape index (κ1) is 20.4. The van der Waals surface area contributed by atoms with Crippen LogP contribution in [0.4, 0.5) is 0 Å². The van der Waals surface area contributed by atoms with Gasteiger partial charge in [0.25, 0.3) is 0 Å². The Labute approximate surface area is 138 Å². The molecule has 0 N–H and O–H groups in total. The third-order valence-corrected chi connectivity index (χ3v) is 3.80. The number of hydrogen-bond acceptors (Lipinski definition) is 0. The van der Waals surface area contributed by atoms with E-state index in [1.165, 1.54) is 16.8 Å². The van der Waals surface area contributed by atoms with Crippen LogP contribution < -0.4 is 4.57 Å². The van der Waals surface area contributed by atoms with Crippen LogP contribution in [-0.2, 0) is 5.54 Å². The van der Waals surface area contributed by atoms with Crippen molar-refractivity contribution in [3.8, 4) is 11.3 Å². The molecule has 1 heteroatoms. The number of aryl methyl sites for hydroxylation is 1. The fourth-order valence-corrected chi connectivity index (χ4v) is 2.22. The van der Waals surface area contributed by atoms with Gasteiger partial charge in [-0.05, 0) is 24.6 Å². The van der Waals surface area contributed by atoms with Gasteiger partial charge in [0, 0.05) is 38.0 Å². The van der Waals surface area contributed by atoms with Crippen LogP contribution in [0.3, 0.4) is 0 Å². The molecule has 0 aliphatic carbocycles. The van der Waals surface area contributed by atoms with Crippen molar-refractivity contribution in [1.29, 1.82) is 0 Å². The molecule has 0 radical (unpaired) electrons. The Morgan fingerprint density at radius 1 is 0.864 bits per heavy atom. The Morgan fingerprint density at radius 2 is 1.41 bits per heavy atom. The average Bonchev–Trinajstić information content (AvgIpc) is 2.59. The fraction of sp³-hybridized carbons (Fsp3) is 0.476. The van der Waals surface area contributed by atoms with E-state index in [1.807, 2.05) is 27.7 Å². The van der Waals surface area contributed by atoms with E-state index in [0.29, 0.717) is 0 Å². The van der Waals surface area contributed by atoms with Gasteiger partial charge in [-0.1, -0.05) is 52.8 Å². The summed E-state index contributed by atoms with van der Waals surface area (Å²) in [5, 5.41) is 0. The topological polar surface area (TPSA) is 3.88 Å². The zero-order chi connectivity index (χ0) is 17.2. The molecule has 122 valence electrons. The van der Waals surface area contributed by atoms with Crippen LogP contribution in [0.5, 0.6) is 0 Å². The standard InChI is InChI=1S/C17H22N.2C2H6/c1-5-17(3,4)18-13-9-8-12-16(18)15-11-7-6-10-14(15)2;2*1-2/h6-13H,5H2,1-4H3;2*1-2H3/q+1;;. The molecule has 1 heterocycles. The summed E-state index contributed by atoms with van der Waals surface area (Å²) in [5.74, 6) is 0. The number of pyridine rings is 1. The second kappa shape index (κ2) is 10.2. The third kappa shape index (κ3) is 4.98. The highest BCUT2D eigenvalue weighted by atomic mass is 15.0. The summed E-state index contributed by atoms with van der Waals surface area (Å²) in [6, 6.07) is 15.0. The van der Waals surface area contributed by atoms with Crippen LogP contribution in [-0.4, -0.2) is 0 Å². The molecule has 0 aliphatic rings. The Morgan fingerprint density at radius 3 is 1.95 bits per heavy atom. The summed E-state index contributed by atoms with van der Waals surface area (Å²) >= 11 is 0. The van der Waals surface area contributed by atoms with Crippen LogP contribution in [0.25, 0.3) is 11.3 Å². The van der Waals surface area contributed by atoms with E-state index in [2.05, 4.69) is 80.9 Å². The predicted octanol–water partition coefficient (Wildman–Crippen LogP) is 6.15. The number of benzene rings is 1. The summed E-state index contributed by atoms with van der Waals surface area (Å²) in [6.07, 6.45) is 3.30.